The molecule has 52 valence electrons. The van der Waals surface area contributed by atoms with Gasteiger partial charge in [-0.15, -0.1) is 0 Å². The summed E-state index contributed by atoms with van der Waals surface area (Å²) >= 11 is 0. The molecular formula is C7H13NO. The first-order chi connectivity index (χ1) is 4.38. The zero-order chi connectivity index (χ0) is 6.27. The molecule has 3 atom stereocenters. The van der Waals surface area contributed by atoms with Gasteiger partial charge < -0.3 is 10.4 Å². The highest BCUT2D eigenvalue weighted by Gasteiger charge is 2.37. The Morgan fingerprint density at radius 3 is 2.89 bits per heavy atom. The number of hydrogen-bond donors (Lipinski definition) is 2. The number of aliphatic hydroxyl groups excluding tert-OH is 1. The maximum Gasteiger partial charge on any atom is 0.0584 e. The molecule has 0 bridgehead atoms. The van der Waals surface area contributed by atoms with Crippen LogP contribution in [0.5, 0.6) is 0 Å². The van der Waals surface area contributed by atoms with Crippen molar-refractivity contribution in [3.63, 3.8) is 0 Å². The first kappa shape index (κ1) is 5.69. The van der Waals surface area contributed by atoms with E-state index in [1.807, 2.05) is 0 Å². The molecule has 0 aromatic carbocycles. The third-order valence-corrected chi connectivity index (χ3v) is 2.67. The maximum absolute atomic E-state index is 9.36. The van der Waals surface area contributed by atoms with Gasteiger partial charge in [-0.05, 0) is 25.8 Å². The van der Waals surface area contributed by atoms with Crippen LogP contribution < -0.4 is 5.32 Å². The van der Waals surface area contributed by atoms with Crippen LogP contribution in [0.15, 0.2) is 0 Å². The molecule has 2 nitrogen and oxygen atoms in total. The molecule has 0 amide bonds. The summed E-state index contributed by atoms with van der Waals surface area (Å²) in [4.78, 5) is 0. The first-order valence-corrected chi connectivity index (χ1v) is 3.79. The Morgan fingerprint density at radius 1 is 1.22 bits per heavy atom. The molecule has 0 radical (unpaired) electrons. The molecule has 0 spiro atoms. The Labute approximate surface area is 55.3 Å². The Balaban J connectivity index is 2.07. The minimum absolute atomic E-state index is 0.00463. The number of rotatable bonds is 0. The van der Waals surface area contributed by atoms with Crippen LogP contribution in [0.1, 0.15) is 19.3 Å². The number of fused-ring (bicyclic) bond motifs is 1. The molecule has 1 heterocycles. The van der Waals surface area contributed by atoms with Crippen LogP contribution in [0.2, 0.25) is 0 Å². The van der Waals surface area contributed by atoms with Crippen molar-refractivity contribution >= 4 is 0 Å². The lowest BCUT2D eigenvalue weighted by molar-refractivity contribution is 0.133. The van der Waals surface area contributed by atoms with E-state index in [-0.39, 0.29) is 6.10 Å². The van der Waals surface area contributed by atoms with E-state index in [0.717, 1.165) is 13.0 Å². The summed E-state index contributed by atoms with van der Waals surface area (Å²) in [6.45, 7) is 1.12. The van der Waals surface area contributed by atoms with Crippen molar-refractivity contribution in [2.24, 2.45) is 5.92 Å². The van der Waals surface area contributed by atoms with Crippen molar-refractivity contribution in [2.75, 3.05) is 6.54 Å². The van der Waals surface area contributed by atoms with E-state index in [1.165, 1.54) is 12.8 Å². The van der Waals surface area contributed by atoms with Crippen molar-refractivity contribution in [3.8, 4) is 0 Å². The van der Waals surface area contributed by atoms with Gasteiger partial charge in [0.15, 0.2) is 0 Å². The molecule has 2 rings (SSSR count). The monoisotopic (exact) mass is 127 g/mol. The fourth-order valence-corrected chi connectivity index (χ4v) is 2.13. The predicted molar refractivity (Wildman–Crippen MR) is 35.1 cm³/mol. The highest BCUT2D eigenvalue weighted by Crippen LogP contribution is 2.31. The van der Waals surface area contributed by atoms with Crippen LogP contribution in [0.3, 0.4) is 0 Å². The molecule has 2 aliphatic rings. The summed E-state index contributed by atoms with van der Waals surface area (Å²) in [7, 11) is 0. The van der Waals surface area contributed by atoms with Crippen molar-refractivity contribution in [1.29, 1.82) is 0 Å². The van der Waals surface area contributed by atoms with E-state index in [0.29, 0.717) is 12.0 Å². The lowest BCUT2D eigenvalue weighted by Gasteiger charge is -2.10. The largest absolute Gasteiger partial charge is 0.393 e. The Kier molecular flexibility index (Phi) is 1.24. The molecule has 0 aromatic heterocycles. The fourth-order valence-electron chi connectivity index (χ4n) is 2.13. The number of nitrogens with one attached hydrogen (secondary N) is 1. The second-order valence-corrected chi connectivity index (χ2v) is 3.16. The second-order valence-electron chi connectivity index (χ2n) is 3.16. The maximum atomic E-state index is 9.36. The minimum Gasteiger partial charge on any atom is -0.393 e. The van der Waals surface area contributed by atoms with Gasteiger partial charge >= 0.3 is 0 Å². The SMILES string of the molecule is OC1CCC2NCCC12. The summed E-state index contributed by atoms with van der Waals surface area (Å²) in [5, 5.41) is 12.7. The molecule has 1 aliphatic heterocycles. The Hall–Kier alpha value is -0.0800. The van der Waals surface area contributed by atoms with Crippen LogP contribution >= 0.6 is 0 Å². The minimum atomic E-state index is 0.00463. The smallest absolute Gasteiger partial charge is 0.0584 e. The highest BCUT2D eigenvalue weighted by molar-refractivity contribution is 4.93. The lowest BCUT2D eigenvalue weighted by Crippen LogP contribution is -2.24. The summed E-state index contributed by atoms with van der Waals surface area (Å²) in [6.07, 6.45) is 3.39. The van der Waals surface area contributed by atoms with Gasteiger partial charge in [-0.1, -0.05) is 0 Å². The molecule has 3 unspecified atom stereocenters. The van der Waals surface area contributed by atoms with Crippen LogP contribution in [-0.4, -0.2) is 23.8 Å². The summed E-state index contributed by atoms with van der Waals surface area (Å²) in [5.41, 5.74) is 0. The molecule has 0 aromatic rings. The third-order valence-electron chi connectivity index (χ3n) is 2.67. The van der Waals surface area contributed by atoms with Crippen molar-refractivity contribution < 1.29 is 5.11 Å². The van der Waals surface area contributed by atoms with E-state index in [2.05, 4.69) is 5.32 Å². The quantitative estimate of drug-likeness (QED) is 0.484. The zero-order valence-electron chi connectivity index (χ0n) is 5.51. The van der Waals surface area contributed by atoms with Crippen LogP contribution in [0.4, 0.5) is 0 Å². The molecular weight excluding hydrogens is 114 g/mol. The Bertz CT molecular complexity index is 115. The zero-order valence-corrected chi connectivity index (χ0v) is 5.51. The van der Waals surface area contributed by atoms with Crippen LogP contribution in [-0.2, 0) is 0 Å². The molecule has 9 heavy (non-hydrogen) atoms. The standard InChI is InChI=1S/C7H13NO/c9-7-2-1-6-5(7)3-4-8-6/h5-9H,1-4H2. The summed E-state index contributed by atoms with van der Waals surface area (Å²) in [5.74, 6) is 0.588. The summed E-state index contributed by atoms with van der Waals surface area (Å²) in [6, 6.07) is 0.653. The Morgan fingerprint density at radius 2 is 2.11 bits per heavy atom. The van der Waals surface area contributed by atoms with E-state index >= 15 is 0 Å². The first-order valence-electron chi connectivity index (χ1n) is 3.79. The molecule has 1 saturated heterocycles. The van der Waals surface area contributed by atoms with Gasteiger partial charge in [-0.3, -0.25) is 0 Å². The van der Waals surface area contributed by atoms with Gasteiger partial charge in [0.2, 0.25) is 0 Å². The molecule has 2 N–H and O–H groups in total. The third kappa shape index (κ3) is 0.775. The van der Waals surface area contributed by atoms with E-state index in [9.17, 15) is 5.11 Å². The molecule has 1 saturated carbocycles. The average Bonchev–Trinajstić information content (AvgIpc) is 2.35. The molecule has 2 heteroatoms. The number of aliphatic hydroxyl groups is 1. The summed E-state index contributed by atoms with van der Waals surface area (Å²) < 4.78 is 0. The second kappa shape index (κ2) is 1.96. The van der Waals surface area contributed by atoms with Gasteiger partial charge in [-0.25, -0.2) is 0 Å². The van der Waals surface area contributed by atoms with E-state index in [1.54, 1.807) is 0 Å². The average molecular weight is 127 g/mol. The van der Waals surface area contributed by atoms with Crippen molar-refractivity contribution in [3.05, 3.63) is 0 Å². The topological polar surface area (TPSA) is 32.3 Å². The van der Waals surface area contributed by atoms with Crippen LogP contribution in [0.25, 0.3) is 0 Å². The van der Waals surface area contributed by atoms with E-state index < -0.39 is 0 Å². The lowest BCUT2D eigenvalue weighted by atomic mass is 10.0. The van der Waals surface area contributed by atoms with Gasteiger partial charge in [0.05, 0.1) is 6.10 Å². The molecule has 2 fully saturated rings. The van der Waals surface area contributed by atoms with Crippen molar-refractivity contribution in [1.82, 2.24) is 5.32 Å². The van der Waals surface area contributed by atoms with Gasteiger partial charge in [0.25, 0.3) is 0 Å². The van der Waals surface area contributed by atoms with E-state index in [4.69, 9.17) is 0 Å². The number of hydrogen-bond acceptors (Lipinski definition) is 2. The van der Waals surface area contributed by atoms with Crippen molar-refractivity contribution in [2.45, 2.75) is 31.4 Å². The predicted octanol–water partition coefficient (Wildman–Crippen LogP) is 0.119. The van der Waals surface area contributed by atoms with Gasteiger partial charge in [0.1, 0.15) is 0 Å². The van der Waals surface area contributed by atoms with Gasteiger partial charge in [0, 0.05) is 12.0 Å². The normalized spacial score (nSPS) is 49.7. The highest BCUT2D eigenvalue weighted by atomic mass is 16.3. The molecule has 1 aliphatic carbocycles. The van der Waals surface area contributed by atoms with Crippen LogP contribution in [0, 0.1) is 5.92 Å². The fraction of sp³-hybridized carbons (Fsp3) is 1.00. The van der Waals surface area contributed by atoms with Gasteiger partial charge in [-0.2, -0.15) is 0 Å².